The van der Waals surface area contributed by atoms with Gasteiger partial charge in [-0.25, -0.2) is 13.8 Å². The number of rotatable bonds is 5. The molecule has 2 heterocycles. The van der Waals surface area contributed by atoms with E-state index in [1.54, 1.807) is 24.4 Å². The minimum absolute atomic E-state index is 0.158. The molecule has 4 rings (SSSR count). The van der Waals surface area contributed by atoms with Crippen molar-refractivity contribution < 1.29 is 18.3 Å². The number of aryl methyl sites for hydroxylation is 1. The predicted octanol–water partition coefficient (Wildman–Crippen LogP) is 4.28. The number of methoxy groups -OCH3 is 1. The van der Waals surface area contributed by atoms with Gasteiger partial charge >= 0.3 is 0 Å². The van der Waals surface area contributed by atoms with E-state index >= 15 is 0 Å². The maximum atomic E-state index is 13.4. The lowest BCUT2D eigenvalue weighted by molar-refractivity contribution is -0.126. The van der Waals surface area contributed by atoms with Gasteiger partial charge in [-0.2, -0.15) is 0 Å². The highest BCUT2D eigenvalue weighted by Gasteiger charge is 2.21. The molecule has 154 valence electrons. The third kappa shape index (κ3) is 3.96. The van der Waals surface area contributed by atoms with Crippen LogP contribution in [0.3, 0.4) is 0 Å². The summed E-state index contributed by atoms with van der Waals surface area (Å²) in [6, 6.07) is 9.51. The molecule has 1 aliphatic rings. The van der Waals surface area contributed by atoms with Crippen LogP contribution in [0.2, 0.25) is 0 Å². The van der Waals surface area contributed by atoms with Crippen molar-refractivity contribution >= 4 is 11.5 Å². The fourth-order valence-electron chi connectivity index (χ4n) is 3.56. The highest BCUT2D eigenvalue weighted by atomic mass is 19.2. The Morgan fingerprint density at radius 3 is 2.63 bits per heavy atom. The van der Waals surface area contributed by atoms with Crippen LogP contribution in [0.25, 0.3) is 11.3 Å². The third-order valence-corrected chi connectivity index (χ3v) is 5.16. The Balaban J connectivity index is 1.54. The van der Waals surface area contributed by atoms with Crippen molar-refractivity contribution in [2.75, 3.05) is 13.7 Å². The van der Waals surface area contributed by atoms with Crippen molar-refractivity contribution in [3.63, 3.8) is 0 Å². The number of carbonyl (C=O) groups is 1. The average molecular weight is 409 g/mol. The van der Waals surface area contributed by atoms with Crippen LogP contribution in [-0.4, -0.2) is 34.0 Å². The lowest BCUT2D eigenvalue weighted by atomic mass is 9.98. The van der Waals surface area contributed by atoms with Gasteiger partial charge in [0, 0.05) is 25.4 Å². The maximum Gasteiger partial charge on any atom is 0.247 e. The Labute approximate surface area is 173 Å². The molecule has 0 saturated heterocycles. The smallest absolute Gasteiger partial charge is 0.247 e. The zero-order valence-corrected chi connectivity index (χ0v) is 16.7. The van der Waals surface area contributed by atoms with Crippen LogP contribution >= 0.6 is 0 Å². The van der Waals surface area contributed by atoms with Gasteiger partial charge in [0.15, 0.2) is 11.6 Å². The summed E-state index contributed by atoms with van der Waals surface area (Å²) in [5, 5.41) is 0. The van der Waals surface area contributed by atoms with Crippen LogP contribution in [0.5, 0.6) is 5.75 Å². The van der Waals surface area contributed by atoms with Gasteiger partial charge in [0.05, 0.1) is 24.8 Å². The summed E-state index contributed by atoms with van der Waals surface area (Å²) in [5.74, 6) is -1.28. The molecule has 0 bridgehead atoms. The number of nitrogens with zero attached hydrogens (tertiary/aromatic N) is 3. The third-order valence-electron chi connectivity index (χ3n) is 5.16. The summed E-state index contributed by atoms with van der Waals surface area (Å²) in [7, 11) is 1.61. The quantitative estimate of drug-likeness (QED) is 0.632. The Morgan fingerprint density at radius 2 is 1.97 bits per heavy atom. The zero-order valence-electron chi connectivity index (χ0n) is 16.7. The number of halogens is 2. The minimum Gasteiger partial charge on any atom is -0.495 e. The van der Waals surface area contributed by atoms with Gasteiger partial charge in [0.2, 0.25) is 5.91 Å². The summed E-state index contributed by atoms with van der Waals surface area (Å²) in [6.07, 6.45) is 5.89. The van der Waals surface area contributed by atoms with E-state index in [0.29, 0.717) is 24.3 Å². The van der Waals surface area contributed by atoms with E-state index in [4.69, 9.17) is 4.74 Å². The monoisotopic (exact) mass is 409 g/mol. The number of ether oxygens (including phenoxy) is 1. The van der Waals surface area contributed by atoms with Crippen molar-refractivity contribution in [2.24, 2.45) is 0 Å². The first-order valence-corrected chi connectivity index (χ1v) is 9.57. The fourth-order valence-corrected chi connectivity index (χ4v) is 3.56. The molecule has 1 aliphatic heterocycles. The molecule has 0 atom stereocenters. The van der Waals surface area contributed by atoms with E-state index in [1.807, 2.05) is 35.9 Å². The van der Waals surface area contributed by atoms with Gasteiger partial charge in [-0.05, 0) is 54.3 Å². The zero-order chi connectivity index (χ0) is 21.3. The van der Waals surface area contributed by atoms with Crippen LogP contribution in [0.4, 0.5) is 8.78 Å². The first-order chi connectivity index (χ1) is 14.4. The van der Waals surface area contributed by atoms with Gasteiger partial charge in [0.1, 0.15) is 5.75 Å². The van der Waals surface area contributed by atoms with E-state index < -0.39 is 11.6 Å². The average Bonchev–Trinajstić information content (AvgIpc) is 3.17. The second-order valence-electron chi connectivity index (χ2n) is 7.24. The van der Waals surface area contributed by atoms with Gasteiger partial charge in [-0.1, -0.05) is 12.1 Å². The molecule has 0 spiro atoms. The van der Waals surface area contributed by atoms with Crippen LogP contribution in [0, 0.1) is 18.6 Å². The van der Waals surface area contributed by atoms with Crippen LogP contribution in [0.15, 0.2) is 55.0 Å². The van der Waals surface area contributed by atoms with Gasteiger partial charge in [0.25, 0.3) is 0 Å². The first-order valence-electron chi connectivity index (χ1n) is 9.57. The molecule has 0 saturated carbocycles. The number of imidazole rings is 1. The highest BCUT2D eigenvalue weighted by Crippen LogP contribution is 2.31. The molecular weight excluding hydrogens is 388 g/mol. The van der Waals surface area contributed by atoms with Crippen molar-refractivity contribution in [1.82, 2.24) is 14.5 Å². The van der Waals surface area contributed by atoms with E-state index in [-0.39, 0.29) is 12.5 Å². The Bertz CT molecular complexity index is 1140. The summed E-state index contributed by atoms with van der Waals surface area (Å²) in [4.78, 5) is 18.5. The Kier molecular flexibility index (Phi) is 5.35. The second-order valence-corrected chi connectivity index (χ2v) is 7.24. The Morgan fingerprint density at radius 1 is 1.13 bits per heavy atom. The molecule has 0 N–H and O–H groups in total. The molecule has 5 nitrogen and oxygen atoms in total. The fraction of sp³-hybridized carbons (Fsp3) is 0.217. The van der Waals surface area contributed by atoms with E-state index in [2.05, 4.69) is 4.98 Å². The van der Waals surface area contributed by atoms with Crippen molar-refractivity contribution in [3.05, 3.63) is 83.5 Å². The highest BCUT2D eigenvalue weighted by molar-refractivity contribution is 5.97. The summed E-state index contributed by atoms with van der Waals surface area (Å²) in [6.45, 7) is 2.65. The molecule has 1 aromatic heterocycles. The minimum atomic E-state index is -0.909. The van der Waals surface area contributed by atoms with E-state index in [9.17, 15) is 13.6 Å². The second kappa shape index (κ2) is 8.10. The number of benzene rings is 2. The van der Waals surface area contributed by atoms with Gasteiger partial charge in [-0.3, -0.25) is 4.79 Å². The first kappa shape index (κ1) is 19.8. The Hall–Kier alpha value is -3.48. The maximum absolute atomic E-state index is 13.4. The van der Waals surface area contributed by atoms with Crippen LogP contribution in [0.1, 0.15) is 23.2 Å². The number of aromatic nitrogens is 2. The number of hydrogen-bond donors (Lipinski definition) is 0. The van der Waals surface area contributed by atoms with Crippen LogP contribution in [-0.2, 0) is 11.3 Å². The summed E-state index contributed by atoms with van der Waals surface area (Å²) in [5.41, 5.74) is 4.15. The summed E-state index contributed by atoms with van der Waals surface area (Å²) >= 11 is 0. The molecule has 0 radical (unpaired) electrons. The largest absolute Gasteiger partial charge is 0.495 e. The predicted molar refractivity (Wildman–Crippen MR) is 109 cm³/mol. The topological polar surface area (TPSA) is 47.4 Å². The molecule has 7 heteroatoms. The van der Waals surface area contributed by atoms with Gasteiger partial charge in [-0.15, -0.1) is 0 Å². The van der Waals surface area contributed by atoms with Crippen molar-refractivity contribution in [2.45, 2.75) is 19.9 Å². The molecule has 0 aliphatic carbocycles. The number of hydrogen-bond acceptors (Lipinski definition) is 3. The number of amides is 1. The SMILES string of the molecule is COc1cc(C2=CC(=O)N(Cc3ccc(F)c(F)c3)CC2)ccc1-n1cnc(C)c1. The molecule has 3 aromatic rings. The van der Waals surface area contributed by atoms with Crippen LogP contribution < -0.4 is 4.74 Å². The molecular formula is C23H21F2N3O2. The molecule has 30 heavy (non-hydrogen) atoms. The lowest BCUT2D eigenvalue weighted by Crippen LogP contribution is -2.33. The number of carbonyl (C=O) groups excluding carboxylic acids is 1. The summed E-state index contributed by atoms with van der Waals surface area (Å²) < 4.78 is 34.0. The molecule has 0 fully saturated rings. The van der Waals surface area contributed by atoms with Crippen molar-refractivity contribution in [1.29, 1.82) is 0 Å². The van der Waals surface area contributed by atoms with E-state index in [0.717, 1.165) is 34.7 Å². The molecule has 2 aromatic carbocycles. The normalized spacial score (nSPS) is 14.1. The standard InChI is InChI=1S/C23H21F2N3O2/c1-15-12-28(14-26-15)21-6-4-17(10-22(21)30-2)18-7-8-27(23(29)11-18)13-16-3-5-19(24)20(25)9-16/h3-6,9-12,14H,7-8,13H2,1-2H3. The van der Waals surface area contributed by atoms with E-state index in [1.165, 1.54) is 6.07 Å². The molecule has 1 amide bonds. The lowest BCUT2D eigenvalue weighted by Gasteiger charge is -2.27. The molecule has 0 unspecified atom stereocenters. The van der Waals surface area contributed by atoms with Crippen molar-refractivity contribution in [3.8, 4) is 11.4 Å². The van der Waals surface area contributed by atoms with Gasteiger partial charge < -0.3 is 14.2 Å².